The summed E-state index contributed by atoms with van der Waals surface area (Å²) in [7, 11) is 2.79. The van der Waals surface area contributed by atoms with Crippen molar-refractivity contribution in [3.05, 3.63) is 58.7 Å². The number of hydrogen-bond donors (Lipinski definition) is 1. The molecule has 0 aliphatic heterocycles. The van der Waals surface area contributed by atoms with Crippen molar-refractivity contribution in [2.24, 2.45) is 0 Å². The Hall–Kier alpha value is -2.82. The zero-order valence-electron chi connectivity index (χ0n) is 13.6. The molecule has 5 heteroatoms. The largest absolute Gasteiger partial charge is 0.497 e. The molecular formula is C18H19NO4. The molecule has 2 aromatic carbocycles. The first kappa shape index (κ1) is 16.5. The Morgan fingerprint density at radius 3 is 2.30 bits per heavy atom. The molecule has 0 atom stereocenters. The van der Waals surface area contributed by atoms with Gasteiger partial charge in [-0.1, -0.05) is 6.07 Å². The quantitative estimate of drug-likeness (QED) is 0.879. The van der Waals surface area contributed by atoms with Gasteiger partial charge >= 0.3 is 5.97 Å². The maximum atomic E-state index is 12.4. The van der Waals surface area contributed by atoms with Crippen LogP contribution >= 0.6 is 0 Å². The van der Waals surface area contributed by atoms with E-state index < -0.39 is 5.97 Å². The van der Waals surface area contributed by atoms with E-state index in [-0.39, 0.29) is 11.5 Å². The molecule has 0 spiro atoms. The third kappa shape index (κ3) is 3.69. The fourth-order valence-electron chi connectivity index (χ4n) is 2.12. The third-order valence-corrected chi connectivity index (χ3v) is 3.65. The predicted octanol–water partition coefficient (Wildman–Crippen LogP) is 3.35. The monoisotopic (exact) mass is 313 g/mol. The number of benzene rings is 2. The van der Waals surface area contributed by atoms with E-state index >= 15 is 0 Å². The second-order valence-electron chi connectivity index (χ2n) is 5.16. The third-order valence-electron chi connectivity index (χ3n) is 3.65. The van der Waals surface area contributed by atoms with Crippen molar-refractivity contribution in [3.8, 4) is 5.75 Å². The van der Waals surface area contributed by atoms with Crippen molar-refractivity contribution in [3.63, 3.8) is 0 Å². The van der Waals surface area contributed by atoms with Crippen LogP contribution in [0.2, 0.25) is 0 Å². The van der Waals surface area contributed by atoms with Gasteiger partial charge in [0, 0.05) is 5.56 Å². The van der Waals surface area contributed by atoms with Crippen LogP contribution < -0.4 is 10.1 Å². The predicted molar refractivity (Wildman–Crippen MR) is 88.2 cm³/mol. The number of methoxy groups -OCH3 is 2. The SMILES string of the molecule is COC(=O)c1cc(OC)ccc1NC(=O)c1ccc(C)c(C)c1. The van der Waals surface area contributed by atoms with Gasteiger partial charge in [0.05, 0.1) is 25.5 Å². The van der Waals surface area contributed by atoms with Crippen LogP contribution in [-0.2, 0) is 4.74 Å². The average Bonchev–Trinajstić information content (AvgIpc) is 2.56. The molecule has 23 heavy (non-hydrogen) atoms. The van der Waals surface area contributed by atoms with Gasteiger partial charge in [0.25, 0.3) is 5.91 Å². The van der Waals surface area contributed by atoms with Crippen molar-refractivity contribution in [2.75, 3.05) is 19.5 Å². The number of ether oxygens (including phenoxy) is 2. The summed E-state index contributed by atoms with van der Waals surface area (Å²) in [4.78, 5) is 24.3. The molecule has 0 bridgehead atoms. The number of hydrogen-bond acceptors (Lipinski definition) is 4. The number of carbonyl (C=O) groups excluding carboxylic acids is 2. The van der Waals surface area contributed by atoms with Crippen LogP contribution in [0.15, 0.2) is 36.4 Å². The Balaban J connectivity index is 2.33. The number of rotatable bonds is 4. The summed E-state index contributed by atoms with van der Waals surface area (Å²) in [6.07, 6.45) is 0. The van der Waals surface area contributed by atoms with Crippen LogP contribution in [-0.4, -0.2) is 26.1 Å². The van der Waals surface area contributed by atoms with Crippen molar-refractivity contribution in [1.29, 1.82) is 0 Å². The Bertz CT molecular complexity index is 753. The Morgan fingerprint density at radius 1 is 0.957 bits per heavy atom. The number of esters is 1. The first-order valence-corrected chi connectivity index (χ1v) is 7.11. The first-order chi connectivity index (χ1) is 11.0. The Labute approximate surface area is 135 Å². The lowest BCUT2D eigenvalue weighted by Gasteiger charge is -2.12. The summed E-state index contributed by atoms with van der Waals surface area (Å²) in [6.45, 7) is 3.93. The van der Waals surface area contributed by atoms with Gasteiger partial charge in [-0.3, -0.25) is 4.79 Å². The summed E-state index contributed by atoms with van der Waals surface area (Å²) in [5, 5.41) is 2.74. The topological polar surface area (TPSA) is 64.6 Å². The van der Waals surface area contributed by atoms with Crippen LogP contribution in [0.3, 0.4) is 0 Å². The van der Waals surface area contributed by atoms with Crippen LogP contribution in [0.4, 0.5) is 5.69 Å². The molecule has 0 aliphatic rings. The van der Waals surface area contributed by atoms with E-state index in [1.165, 1.54) is 20.3 Å². The Kier molecular flexibility index (Phi) is 5.01. The number of anilines is 1. The summed E-state index contributed by atoms with van der Waals surface area (Å²) in [6, 6.07) is 10.3. The van der Waals surface area contributed by atoms with E-state index in [9.17, 15) is 9.59 Å². The van der Waals surface area contributed by atoms with Crippen LogP contribution in [0.25, 0.3) is 0 Å². The molecule has 1 N–H and O–H groups in total. The minimum absolute atomic E-state index is 0.240. The van der Waals surface area contributed by atoms with Gasteiger partial charge in [0.15, 0.2) is 0 Å². The highest BCUT2D eigenvalue weighted by molar-refractivity contribution is 6.08. The van der Waals surface area contributed by atoms with Crippen molar-refractivity contribution < 1.29 is 19.1 Å². The fraction of sp³-hybridized carbons (Fsp3) is 0.222. The maximum Gasteiger partial charge on any atom is 0.340 e. The van der Waals surface area contributed by atoms with Gasteiger partial charge in [-0.2, -0.15) is 0 Å². The zero-order valence-corrected chi connectivity index (χ0v) is 13.6. The molecule has 5 nitrogen and oxygen atoms in total. The molecule has 2 rings (SSSR count). The number of nitrogens with one attached hydrogen (secondary N) is 1. The fourth-order valence-corrected chi connectivity index (χ4v) is 2.12. The standard InChI is InChI=1S/C18H19NO4/c1-11-5-6-13(9-12(11)2)17(20)19-16-8-7-14(22-3)10-15(16)18(21)23-4/h5-10H,1-4H3,(H,19,20). The molecule has 0 unspecified atom stereocenters. The molecule has 2 aromatic rings. The molecular weight excluding hydrogens is 294 g/mol. The second-order valence-corrected chi connectivity index (χ2v) is 5.16. The van der Waals surface area contributed by atoms with Crippen molar-refractivity contribution in [1.82, 2.24) is 0 Å². The molecule has 0 saturated carbocycles. The van der Waals surface area contributed by atoms with Crippen molar-refractivity contribution >= 4 is 17.6 Å². The van der Waals surface area contributed by atoms with Gasteiger partial charge in [0.1, 0.15) is 5.75 Å². The van der Waals surface area contributed by atoms with Gasteiger partial charge in [-0.25, -0.2) is 4.79 Å². The molecule has 0 radical (unpaired) electrons. The molecule has 0 saturated heterocycles. The van der Waals surface area contributed by atoms with E-state index in [2.05, 4.69) is 5.32 Å². The van der Waals surface area contributed by atoms with E-state index in [1.54, 1.807) is 18.2 Å². The summed E-state index contributed by atoms with van der Waals surface area (Å²) < 4.78 is 9.86. The number of amides is 1. The van der Waals surface area contributed by atoms with E-state index in [0.717, 1.165) is 11.1 Å². The van der Waals surface area contributed by atoms with E-state index in [1.807, 2.05) is 26.0 Å². The lowest BCUT2D eigenvalue weighted by Crippen LogP contribution is -2.15. The van der Waals surface area contributed by atoms with Crippen molar-refractivity contribution in [2.45, 2.75) is 13.8 Å². The van der Waals surface area contributed by atoms with Crippen LogP contribution in [0, 0.1) is 13.8 Å². The molecule has 0 fully saturated rings. The smallest absolute Gasteiger partial charge is 0.340 e. The van der Waals surface area contributed by atoms with Crippen LogP contribution in [0.1, 0.15) is 31.8 Å². The highest BCUT2D eigenvalue weighted by atomic mass is 16.5. The molecule has 0 heterocycles. The Morgan fingerprint density at radius 2 is 1.70 bits per heavy atom. The van der Waals surface area contributed by atoms with E-state index in [0.29, 0.717) is 17.0 Å². The molecule has 120 valence electrons. The summed E-state index contributed by atoms with van der Waals surface area (Å²) in [5.74, 6) is -0.322. The maximum absolute atomic E-state index is 12.4. The average molecular weight is 313 g/mol. The normalized spacial score (nSPS) is 10.1. The molecule has 1 amide bonds. The van der Waals surface area contributed by atoms with Gasteiger partial charge in [-0.05, 0) is 55.3 Å². The van der Waals surface area contributed by atoms with Gasteiger partial charge in [-0.15, -0.1) is 0 Å². The number of carbonyl (C=O) groups is 2. The molecule has 0 aliphatic carbocycles. The lowest BCUT2D eigenvalue weighted by molar-refractivity contribution is 0.0601. The first-order valence-electron chi connectivity index (χ1n) is 7.11. The minimum Gasteiger partial charge on any atom is -0.497 e. The lowest BCUT2D eigenvalue weighted by atomic mass is 10.1. The van der Waals surface area contributed by atoms with Gasteiger partial charge < -0.3 is 14.8 Å². The number of aryl methyl sites for hydroxylation is 2. The highest BCUT2D eigenvalue weighted by Crippen LogP contribution is 2.23. The minimum atomic E-state index is -0.542. The molecule has 0 aromatic heterocycles. The second kappa shape index (κ2) is 6.96. The summed E-state index contributed by atoms with van der Waals surface area (Å²) >= 11 is 0. The zero-order chi connectivity index (χ0) is 17.0. The summed E-state index contributed by atoms with van der Waals surface area (Å²) in [5.41, 5.74) is 3.28. The highest BCUT2D eigenvalue weighted by Gasteiger charge is 2.16. The van der Waals surface area contributed by atoms with Crippen LogP contribution in [0.5, 0.6) is 5.75 Å². The van der Waals surface area contributed by atoms with Gasteiger partial charge in [0.2, 0.25) is 0 Å². The van der Waals surface area contributed by atoms with E-state index in [4.69, 9.17) is 9.47 Å².